The van der Waals surface area contributed by atoms with E-state index in [1.165, 1.54) is 0 Å². The number of hydrogen-bond donors (Lipinski definition) is 1. The van der Waals surface area contributed by atoms with Crippen molar-refractivity contribution in [3.8, 4) is 0 Å². The highest BCUT2D eigenvalue weighted by molar-refractivity contribution is 5.95. The van der Waals surface area contributed by atoms with Crippen molar-refractivity contribution in [2.75, 3.05) is 6.54 Å². The number of rotatable bonds is 2. The molecule has 1 unspecified atom stereocenters. The fourth-order valence-electron chi connectivity index (χ4n) is 2.20. The molecule has 1 aromatic heterocycles. The summed E-state index contributed by atoms with van der Waals surface area (Å²) >= 11 is 0. The number of hydrogen-bond acceptors (Lipinski definition) is 3. The van der Waals surface area contributed by atoms with Crippen molar-refractivity contribution >= 4 is 11.8 Å². The summed E-state index contributed by atoms with van der Waals surface area (Å²) in [5.74, 6) is -0.139. The normalized spacial score (nSPS) is 20.6. The standard InChI is InChI=1S/C13H20N4O2/c1-13(2,3)11-12(19)17(8-10(18)15-11)7-9-5-14-16(4)6-9/h5-6,11H,7-8H2,1-4H3,(H,15,18). The highest BCUT2D eigenvalue weighted by Crippen LogP contribution is 2.23. The van der Waals surface area contributed by atoms with Crippen molar-refractivity contribution in [3.63, 3.8) is 0 Å². The van der Waals surface area contributed by atoms with E-state index < -0.39 is 6.04 Å². The van der Waals surface area contributed by atoms with Gasteiger partial charge in [-0.05, 0) is 5.41 Å². The third-order valence-corrected chi connectivity index (χ3v) is 3.20. The third kappa shape index (κ3) is 2.94. The van der Waals surface area contributed by atoms with E-state index in [0.29, 0.717) is 6.54 Å². The molecule has 6 heteroatoms. The Bertz CT molecular complexity index is 501. The van der Waals surface area contributed by atoms with Gasteiger partial charge in [0, 0.05) is 25.4 Å². The lowest BCUT2D eigenvalue weighted by Gasteiger charge is -2.38. The number of carbonyl (C=O) groups is 2. The minimum absolute atomic E-state index is 0.0315. The van der Waals surface area contributed by atoms with Gasteiger partial charge in [-0.3, -0.25) is 14.3 Å². The Morgan fingerprint density at radius 3 is 2.63 bits per heavy atom. The van der Waals surface area contributed by atoms with Crippen LogP contribution in [-0.2, 0) is 23.2 Å². The zero-order valence-electron chi connectivity index (χ0n) is 11.8. The van der Waals surface area contributed by atoms with Crippen molar-refractivity contribution in [1.82, 2.24) is 20.0 Å². The number of amides is 2. The van der Waals surface area contributed by atoms with Crippen LogP contribution in [0.5, 0.6) is 0 Å². The van der Waals surface area contributed by atoms with Gasteiger partial charge in [0.1, 0.15) is 6.04 Å². The lowest BCUT2D eigenvalue weighted by molar-refractivity contribution is -0.147. The molecular formula is C13H20N4O2. The number of aromatic nitrogens is 2. The SMILES string of the molecule is Cn1cc(CN2CC(=O)NC(C(C)(C)C)C2=O)cn1. The zero-order valence-corrected chi connectivity index (χ0v) is 11.8. The topological polar surface area (TPSA) is 67.2 Å². The molecule has 1 aliphatic rings. The van der Waals surface area contributed by atoms with Crippen LogP contribution in [-0.4, -0.2) is 39.1 Å². The summed E-state index contributed by atoms with van der Waals surface area (Å²) in [5.41, 5.74) is 0.638. The van der Waals surface area contributed by atoms with Crippen LogP contribution >= 0.6 is 0 Å². The van der Waals surface area contributed by atoms with Crippen LogP contribution in [0.3, 0.4) is 0 Å². The van der Waals surface area contributed by atoms with E-state index in [9.17, 15) is 9.59 Å². The Kier molecular flexibility index (Phi) is 3.34. The molecule has 1 saturated heterocycles. The van der Waals surface area contributed by atoms with Gasteiger partial charge < -0.3 is 10.2 Å². The molecule has 0 radical (unpaired) electrons. The van der Waals surface area contributed by atoms with Crippen molar-refractivity contribution in [2.45, 2.75) is 33.4 Å². The summed E-state index contributed by atoms with van der Waals surface area (Å²) in [6, 6.07) is -0.467. The quantitative estimate of drug-likeness (QED) is 0.835. The summed E-state index contributed by atoms with van der Waals surface area (Å²) in [6.07, 6.45) is 3.57. The van der Waals surface area contributed by atoms with E-state index in [1.54, 1.807) is 15.8 Å². The largest absolute Gasteiger partial charge is 0.342 e. The average molecular weight is 264 g/mol. The molecule has 0 spiro atoms. The lowest BCUT2D eigenvalue weighted by Crippen LogP contribution is -2.61. The number of nitrogens with zero attached hydrogens (tertiary/aromatic N) is 3. The van der Waals surface area contributed by atoms with Crippen LogP contribution in [0, 0.1) is 5.41 Å². The van der Waals surface area contributed by atoms with Crippen LogP contribution < -0.4 is 5.32 Å². The van der Waals surface area contributed by atoms with E-state index >= 15 is 0 Å². The van der Waals surface area contributed by atoms with Gasteiger partial charge in [0.2, 0.25) is 11.8 Å². The lowest BCUT2D eigenvalue weighted by atomic mass is 9.84. The molecule has 6 nitrogen and oxygen atoms in total. The summed E-state index contributed by atoms with van der Waals surface area (Å²) < 4.78 is 1.69. The maximum Gasteiger partial charge on any atom is 0.246 e. The van der Waals surface area contributed by atoms with Crippen molar-refractivity contribution < 1.29 is 9.59 Å². The molecule has 2 heterocycles. The van der Waals surface area contributed by atoms with E-state index in [4.69, 9.17) is 0 Å². The molecular weight excluding hydrogens is 244 g/mol. The molecule has 1 fully saturated rings. The molecule has 1 aromatic rings. The van der Waals surface area contributed by atoms with E-state index in [2.05, 4.69) is 10.4 Å². The number of nitrogens with one attached hydrogen (secondary N) is 1. The molecule has 2 amide bonds. The smallest absolute Gasteiger partial charge is 0.246 e. The minimum Gasteiger partial charge on any atom is -0.342 e. The van der Waals surface area contributed by atoms with Crippen LogP contribution in [0.1, 0.15) is 26.3 Å². The predicted octanol–water partition coefficient (Wildman–Crippen LogP) is 0.293. The number of aryl methyl sites for hydroxylation is 1. The first-order valence-electron chi connectivity index (χ1n) is 6.33. The van der Waals surface area contributed by atoms with Gasteiger partial charge >= 0.3 is 0 Å². The molecule has 1 N–H and O–H groups in total. The summed E-state index contributed by atoms with van der Waals surface area (Å²) in [7, 11) is 1.83. The predicted molar refractivity (Wildman–Crippen MR) is 70.0 cm³/mol. The second-order valence-electron chi connectivity index (χ2n) is 6.08. The van der Waals surface area contributed by atoms with Gasteiger partial charge in [-0.2, -0.15) is 5.10 Å². The summed E-state index contributed by atoms with van der Waals surface area (Å²) in [5, 5.41) is 6.85. The Hall–Kier alpha value is -1.85. The van der Waals surface area contributed by atoms with E-state index in [0.717, 1.165) is 5.56 Å². The molecule has 0 bridgehead atoms. The molecule has 104 valence electrons. The fraction of sp³-hybridized carbons (Fsp3) is 0.615. The molecule has 2 rings (SSSR count). The monoisotopic (exact) mass is 264 g/mol. The average Bonchev–Trinajstić information content (AvgIpc) is 2.67. The number of piperazine rings is 1. The minimum atomic E-state index is -0.467. The van der Waals surface area contributed by atoms with E-state index in [1.807, 2.05) is 34.0 Å². The van der Waals surface area contributed by atoms with Gasteiger partial charge in [0.25, 0.3) is 0 Å². The summed E-state index contributed by atoms with van der Waals surface area (Å²) in [6.45, 7) is 6.38. The Morgan fingerprint density at radius 1 is 1.42 bits per heavy atom. The molecule has 0 aromatic carbocycles. The van der Waals surface area contributed by atoms with Gasteiger partial charge in [0.15, 0.2) is 0 Å². The van der Waals surface area contributed by atoms with Gasteiger partial charge in [0.05, 0.1) is 12.7 Å². The molecule has 1 atom stereocenters. The van der Waals surface area contributed by atoms with Crippen LogP contribution in [0.4, 0.5) is 0 Å². The summed E-state index contributed by atoms with van der Waals surface area (Å²) in [4.78, 5) is 25.7. The molecule has 1 aliphatic heterocycles. The Morgan fingerprint density at radius 2 is 2.11 bits per heavy atom. The van der Waals surface area contributed by atoms with Crippen molar-refractivity contribution in [2.24, 2.45) is 12.5 Å². The zero-order chi connectivity index (χ0) is 14.2. The maximum absolute atomic E-state index is 12.4. The van der Waals surface area contributed by atoms with Gasteiger partial charge in [-0.1, -0.05) is 20.8 Å². The molecule has 0 saturated carbocycles. The second kappa shape index (κ2) is 4.68. The Labute approximate surface area is 112 Å². The molecule has 0 aliphatic carbocycles. The second-order valence-corrected chi connectivity index (χ2v) is 6.08. The van der Waals surface area contributed by atoms with Crippen LogP contribution in [0.25, 0.3) is 0 Å². The van der Waals surface area contributed by atoms with Gasteiger partial charge in [-0.15, -0.1) is 0 Å². The van der Waals surface area contributed by atoms with Crippen molar-refractivity contribution in [1.29, 1.82) is 0 Å². The first-order chi connectivity index (χ1) is 8.77. The van der Waals surface area contributed by atoms with E-state index in [-0.39, 0.29) is 23.8 Å². The maximum atomic E-state index is 12.4. The van der Waals surface area contributed by atoms with Crippen molar-refractivity contribution in [3.05, 3.63) is 18.0 Å². The fourth-order valence-corrected chi connectivity index (χ4v) is 2.20. The highest BCUT2D eigenvalue weighted by atomic mass is 16.2. The third-order valence-electron chi connectivity index (χ3n) is 3.20. The first-order valence-corrected chi connectivity index (χ1v) is 6.33. The Balaban J connectivity index is 2.16. The highest BCUT2D eigenvalue weighted by Gasteiger charge is 2.39. The van der Waals surface area contributed by atoms with Crippen LogP contribution in [0.2, 0.25) is 0 Å². The van der Waals surface area contributed by atoms with Gasteiger partial charge in [-0.25, -0.2) is 0 Å². The van der Waals surface area contributed by atoms with Crippen LogP contribution in [0.15, 0.2) is 12.4 Å². The first kappa shape index (κ1) is 13.6. The molecule has 19 heavy (non-hydrogen) atoms. The number of carbonyl (C=O) groups excluding carboxylic acids is 2.